The second-order valence-corrected chi connectivity index (χ2v) is 7.45. The van der Waals surface area contributed by atoms with E-state index in [-0.39, 0.29) is 17.8 Å². The van der Waals surface area contributed by atoms with Crippen molar-refractivity contribution in [2.45, 2.75) is 32.6 Å². The Bertz CT molecular complexity index is 879. The molecule has 7 nitrogen and oxygen atoms in total. The smallest absolute Gasteiger partial charge is 0.310 e. The standard InChI is InChI=1S/C21H26N4O3/c1-2-28-21(27)15-8-7-13-25(14-15)20(26)18-16-9-3-4-10-17(16)19(23-22-18)24-11-5-6-12-24/h3-4,9-10,15H,2,5-8,11-14H2,1H3. The number of carbonyl (C=O) groups is 2. The Morgan fingerprint density at radius 2 is 1.82 bits per heavy atom. The number of nitrogens with zero attached hydrogens (tertiary/aromatic N) is 4. The molecule has 1 aromatic heterocycles. The predicted molar refractivity (Wildman–Crippen MR) is 106 cm³/mol. The summed E-state index contributed by atoms with van der Waals surface area (Å²) in [6.45, 7) is 5.10. The molecular formula is C21H26N4O3. The Hall–Kier alpha value is -2.70. The highest BCUT2D eigenvalue weighted by Crippen LogP contribution is 2.29. The highest BCUT2D eigenvalue weighted by Gasteiger charge is 2.31. The van der Waals surface area contributed by atoms with Crippen LogP contribution in [0.25, 0.3) is 10.8 Å². The molecule has 0 radical (unpaired) electrons. The van der Waals surface area contributed by atoms with Crippen LogP contribution in [0.3, 0.4) is 0 Å². The average Bonchev–Trinajstić information content (AvgIpc) is 3.27. The minimum absolute atomic E-state index is 0.161. The molecule has 2 aromatic rings. The molecule has 28 heavy (non-hydrogen) atoms. The van der Waals surface area contributed by atoms with E-state index in [1.54, 1.807) is 11.8 Å². The summed E-state index contributed by atoms with van der Waals surface area (Å²) in [6.07, 6.45) is 3.84. The molecule has 148 valence electrons. The van der Waals surface area contributed by atoms with E-state index in [0.717, 1.165) is 55.4 Å². The number of ether oxygens (including phenoxy) is 1. The number of aromatic nitrogens is 2. The summed E-state index contributed by atoms with van der Waals surface area (Å²) in [7, 11) is 0. The number of fused-ring (bicyclic) bond motifs is 1. The van der Waals surface area contributed by atoms with E-state index in [4.69, 9.17) is 4.74 Å². The topological polar surface area (TPSA) is 75.6 Å². The maximum atomic E-state index is 13.2. The Morgan fingerprint density at radius 3 is 2.57 bits per heavy atom. The van der Waals surface area contributed by atoms with Crippen LogP contribution >= 0.6 is 0 Å². The van der Waals surface area contributed by atoms with Crippen molar-refractivity contribution in [2.75, 3.05) is 37.7 Å². The summed E-state index contributed by atoms with van der Waals surface area (Å²) in [5.41, 5.74) is 0.364. The third-order valence-corrected chi connectivity index (χ3v) is 5.60. The van der Waals surface area contributed by atoms with E-state index >= 15 is 0 Å². The lowest BCUT2D eigenvalue weighted by atomic mass is 9.97. The fraction of sp³-hybridized carbons (Fsp3) is 0.524. The van der Waals surface area contributed by atoms with Crippen molar-refractivity contribution in [3.8, 4) is 0 Å². The number of carbonyl (C=O) groups excluding carboxylic acids is 2. The van der Waals surface area contributed by atoms with Gasteiger partial charge in [-0.15, -0.1) is 10.2 Å². The molecule has 2 aliphatic heterocycles. The van der Waals surface area contributed by atoms with E-state index in [1.807, 2.05) is 24.3 Å². The average molecular weight is 382 g/mol. The van der Waals surface area contributed by atoms with Crippen LogP contribution in [0, 0.1) is 5.92 Å². The van der Waals surface area contributed by atoms with Crippen LogP contribution in [-0.2, 0) is 9.53 Å². The van der Waals surface area contributed by atoms with Gasteiger partial charge in [0.05, 0.1) is 12.5 Å². The third-order valence-electron chi connectivity index (χ3n) is 5.60. The van der Waals surface area contributed by atoms with Crippen molar-refractivity contribution in [2.24, 2.45) is 5.92 Å². The fourth-order valence-electron chi connectivity index (χ4n) is 4.17. The first-order valence-corrected chi connectivity index (χ1v) is 10.2. The number of benzene rings is 1. The number of hydrogen-bond acceptors (Lipinski definition) is 6. The van der Waals surface area contributed by atoms with Gasteiger partial charge in [0.1, 0.15) is 0 Å². The van der Waals surface area contributed by atoms with Crippen molar-refractivity contribution in [1.82, 2.24) is 15.1 Å². The van der Waals surface area contributed by atoms with Gasteiger partial charge in [0.25, 0.3) is 5.91 Å². The molecule has 1 atom stereocenters. The SMILES string of the molecule is CCOC(=O)C1CCCN(C(=O)c2nnc(N3CCCC3)c3ccccc23)C1. The zero-order valence-electron chi connectivity index (χ0n) is 16.3. The second-order valence-electron chi connectivity index (χ2n) is 7.45. The Labute approximate surface area is 164 Å². The van der Waals surface area contributed by atoms with Gasteiger partial charge in [-0.2, -0.15) is 0 Å². The van der Waals surface area contributed by atoms with Crippen LogP contribution in [0.4, 0.5) is 5.82 Å². The molecule has 0 bridgehead atoms. The first kappa shape index (κ1) is 18.7. The van der Waals surface area contributed by atoms with Crippen LogP contribution in [0.1, 0.15) is 43.1 Å². The van der Waals surface area contributed by atoms with E-state index in [0.29, 0.717) is 25.4 Å². The predicted octanol–water partition coefficient (Wildman–Crippen LogP) is 2.65. The molecule has 2 saturated heterocycles. The first-order chi connectivity index (χ1) is 13.7. The van der Waals surface area contributed by atoms with Crippen molar-refractivity contribution < 1.29 is 14.3 Å². The van der Waals surface area contributed by atoms with Gasteiger partial charge in [-0.25, -0.2) is 0 Å². The van der Waals surface area contributed by atoms with E-state index in [9.17, 15) is 9.59 Å². The fourth-order valence-corrected chi connectivity index (χ4v) is 4.17. The summed E-state index contributed by atoms with van der Waals surface area (Å²) in [4.78, 5) is 29.3. The molecule has 2 fully saturated rings. The lowest BCUT2D eigenvalue weighted by Crippen LogP contribution is -2.43. The number of likely N-dealkylation sites (tertiary alicyclic amines) is 1. The summed E-state index contributed by atoms with van der Waals surface area (Å²) in [5.74, 6) is 0.208. The first-order valence-electron chi connectivity index (χ1n) is 10.2. The van der Waals surface area contributed by atoms with Crippen LogP contribution in [0.15, 0.2) is 24.3 Å². The van der Waals surface area contributed by atoms with Crippen molar-refractivity contribution in [3.63, 3.8) is 0 Å². The van der Waals surface area contributed by atoms with Gasteiger partial charge in [0.2, 0.25) is 0 Å². The molecule has 4 rings (SSSR count). The number of hydrogen-bond donors (Lipinski definition) is 0. The number of esters is 1. The maximum Gasteiger partial charge on any atom is 0.310 e. The van der Waals surface area contributed by atoms with Gasteiger partial charge < -0.3 is 14.5 Å². The van der Waals surface area contributed by atoms with Crippen LogP contribution in [0.2, 0.25) is 0 Å². The Kier molecular flexibility index (Phi) is 5.41. The van der Waals surface area contributed by atoms with Gasteiger partial charge in [0, 0.05) is 37.0 Å². The maximum absolute atomic E-state index is 13.2. The number of rotatable bonds is 4. The number of piperidine rings is 1. The van der Waals surface area contributed by atoms with Crippen molar-refractivity contribution in [1.29, 1.82) is 0 Å². The quantitative estimate of drug-likeness (QED) is 0.757. The van der Waals surface area contributed by atoms with Gasteiger partial charge >= 0.3 is 5.97 Å². The lowest BCUT2D eigenvalue weighted by molar-refractivity contribution is -0.149. The van der Waals surface area contributed by atoms with Crippen LogP contribution < -0.4 is 4.90 Å². The molecule has 2 aliphatic rings. The largest absolute Gasteiger partial charge is 0.466 e. The zero-order chi connectivity index (χ0) is 19.5. The highest BCUT2D eigenvalue weighted by molar-refractivity contribution is 6.07. The second kappa shape index (κ2) is 8.12. The molecule has 1 unspecified atom stereocenters. The molecule has 0 spiro atoms. The Balaban J connectivity index is 1.62. The summed E-state index contributed by atoms with van der Waals surface area (Å²) >= 11 is 0. The molecule has 0 N–H and O–H groups in total. The van der Waals surface area contributed by atoms with Crippen molar-refractivity contribution in [3.05, 3.63) is 30.0 Å². The van der Waals surface area contributed by atoms with E-state index in [2.05, 4.69) is 15.1 Å². The summed E-state index contributed by atoms with van der Waals surface area (Å²) < 4.78 is 5.15. The van der Waals surface area contributed by atoms with E-state index in [1.165, 1.54) is 0 Å². The van der Waals surface area contributed by atoms with Gasteiger partial charge in [-0.3, -0.25) is 9.59 Å². The molecule has 0 aliphatic carbocycles. The molecule has 7 heteroatoms. The van der Waals surface area contributed by atoms with Gasteiger partial charge in [0.15, 0.2) is 11.5 Å². The number of anilines is 1. The summed E-state index contributed by atoms with van der Waals surface area (Å²) in [6, 6.07) is 7.83. The van der Waals surface area contributed by atoms with Gasteiger partial charge in [-0.1, -0.05) is 24.3 Å². The monoisotopic (exact) mass is 382 g/mol. The summed E-state index contributed by atoms with van der Waals surface area (Å²) in [5, 5.41) is 10.5. The zero-order valence-corrected chi connectivity index (χ0v) is 16.3. The molecular weight excluding hydrogens is 356 g/mol. The molecule has 1 amide bonds. The van der Waals surface area contributed by atoms with Crippen molar-refractivity contribution >= 4 is 28.5 Å². The van der Waals surface area contributed by atoms with Crippen LogP contribution in [-0.4, -0.2) is 59.8 Å². The Morgan fingerprint density at radius 1 is 1.07 bits per heavy atom. The number of amides is 1. The van der Waals surface area contributed by atoms with Crippen LogP contribution in [0.5, 0.6) is 0 Å². The van der Waals surface area contributed by atoms with E-state index < -0.39 is 0 Å². The van der Waals surface area contributed by atoms with Gasteiger partial charge in [-0.05, 0) is 32.6 Å². The lowest BCUT2D eigenvalue weighted by Gasteiger charge is -2.31. The molecule has 0 saturated carbocycles. The minimum atomic E-state index is -0.263. The highest BCUT2D eigenvalue weighted by atomic mass is 16.5. The minimum Gasteiger partial charge on any atom is -0.466 e. The molecule has 1 aromatic carbocycles. The normalized spacial score (nSPS) is 19.8. The molecule has 3 heterocycles. The third kappa shape index (κ3) is 3.53.